The first kappa shape index (κ1) is 23.0. The number of nitrogens with zero attached hydrogens (tertiary/aromatic N) is 5. The van der Waals surface area contributed by atoms with Crippen molar-refractivity contribution < 1.29 is 18.0 Å². The number of carbonyl (C=O) groups is 1. The van der Waals surface area contributed by atoms with E-state index in [0.717, 1.165) is 61.6 Å². The number of aromatic nitrogens is 4. The summed E-state index contributed by atoms with van der Waals surface area (Å²) in [6.07, 6.45) is 1.98. The number of pyridine rings is 1. The van der Waals surface area contributed by atoms with Crippen molar-refractivity contribution in [2.45, 2.75) is 49.4 Å². The molecule has 4 fully saturated rings. The summed E-state index contributed by atoms with van der Waals surface area (Å²) in [5.41, 5.74) is -1.13. The minimum absolute atomic E-state index is 0.213. The molecule has 3 aromatic heterocycles. The molecule has 2 N–H and O–H groups in total. The predicted octanol–water partition coefficient (Wildman–Crippen LogP) is 2.18. The Morgan fingerprint density at radius 3 is 2.56 bits per heavy atom. The third-order valence-electron chi connectivity index (χ3n) is 8.04. The summed E-state index contributed by atoms with van der Waals surface area (Å²) in [5, 5.41) is 6.98. The van der Waals surface area contributed by atoms with Gasteiger partial charge in [0.05, 0.1) is 17.4 Å². The average molecular weight is 502 g/mol. The van der Waals surface area contributed by atoms with E-state index in [1.54, 1.807) is 19.3 Å². The number of nitrogens with one attached hydrogen (secondary N) is 2. The Kier molecular flexibility index (Phi) is 5.15. The Bertz CT molecular complexity index is 1370. The maximum Gasteiger partial charge on any atom is 0.418 e. The van der Waals surface area contributed by atoms with E-state index in [1.165, 1.54) is 6.20 Å². The Balaban J connectivity index is 1.14. The van der Waals surface area contributed by atoms with Crippen LogP contribution in [0.4, 0.5) is 18.9 Å². The second-order valence-electron chi connectivity index (χ2n) is 10.0. The molecule has 3 aromatic rings. The fourth-order valence-electron chi connectivity index (χ4n) is 6.17. The van der Waals surface area contributed by atoms with Crippen molar-refractivity contribution in [3.8, 4) is 0 Å². The summed E-state index contributed by atoms with van der Waals surface area (Å²) in [4.78, 5) is 36.0. The highest BCUT2D eigenvalue weighted by Gasteiger charge is 2.59. The highest BCUT2D eigenvalue weighted by molar-refractivity contribution is 5.92. The number of carbonyl (C=O) groups excluding carboxylic acids is 1. The number of piperidine rings is 1. The lowest BCUT2D eigenvalue weighted by atomic mass is 9.69. The molecule has 0 unspecified atom stereocenters. The summed E-state index contributed by atoms with van der Waals surface area (Å²) >= 11 is 0. The number of anilines is 1. The van der Waals surface area contributed by atoms with Crippen LogP contribution in [0, 0.1) is 0 Å². The van der Waals surface area contributed by atoms with Crippen molar-refractivity contribution in [2.75, 3.05) is 31.6 Å². The quantitative estimate of drug-likeness (QED) is 0.569. The number of rotatable bonds is 4. The molecular weight excluding hydrogens is 475 g/mol. The van der Waals surface area contributed by atoms with Gasteiger partial charge in [0.25, 0.3) is 11.5 Å². The molecule has 0 aromatic carbocycles. The van der Waals surface area contributed by atoms with Gasteiger partial charge in [-0.15, -0.1) is 0 Å². The van der Waals surface area contributed by atoms with Crippen LogP contribution in [-0.4, -0.2) is 69.2 Å². The lowest BCUT2D eigenvalue weighted by molar-refractivity contribution is -0.136. The van der Waals surface area contributed by atoms with Gasteiger partial charge in [-0.05, 0) is 43.9 Å². The number of hydrogen-bond donors (Lipinski definition) is 2. The summed E-state index contributed by atoms with van der Waals surface area (Å²) in [6, 6.07) is 5.34. The topological polar surface area (TPSA) is 98.6 Å². The molecule has 9 nitrogen and oxygen atoms in total. The van der Waals surface area contributed by atoms with Crippen LogP contribution in [0.15, 0.2) is 35.4 Å². The lowest BCUT2D eigenvalue weighted by Crippen LogP contribution is -2.46. The Labute approximate surface area is 204 Å². The summed E-state index contributed by atoms with van der Waals surface area (Å²) in [6.45, 7) is 2.48. The van der Waals surface area contributed by atoms with Crippen molar-refractivity contribution >= 4 is 17.1 Å². The van der Waals surface area contributed by atoms with Crippen molar-refractivity contribution in [3.05, 3.63) is 58.0 Å². The van der Waals surface area contributed by atoms with E-state index >= 15 is 0 Å². The molecular formula is C24H26F3N7O2. The lowest BCUT2D eigenvalue weighted by Gasteiger charge is -2.40. The van der Waals surface area contributed by atoms with Gasteiger partial charge in [0.1, 0.15) is 17.0 Å². The van der Waals surface area contributed by atoms with Crippen molar-refractivity contribution in [2.24, 2.45) is 0 Å². The Hall–Kier alpha value is -3.41. The molecule has 2 bridgehead atoms. The van der Waals surface area contributed by atoms with Crippen LogP contribution < -0.4 is 15.8 Å². The zero-order chi connectivity index (χ0) is 25.2. The minimum Gasteiger partial charge on any atom is -0.370 e. The predicted molar refractivity (Wildman–Crippen MR) is 125 cm³/mol. The van der Waals surface area contributed by atoms with Crippen molar-refractivity contribution in [3.63, 3.8) is 0 Å². The maximum absolute atomic E-state index is 13.2. The van der Waals surface area contributed by atoms with Gasteiger partial charge in [0.2, 0.25) is 0 Å². The zero-order valence-corrected chi connectivity index (χ0v) is 19.7. The molecule has 0 radical (unpaired) electrons. The molecule has 6 heterocycles. The van der Waals surface area contributed by atoms with Gasteiger partial charge < -0.3 is 15.2 Å². The van der Waals surface area contributed by atoms with Gasteiger partial charge in [-0.25, -0.2) is 9.50 Å². The second kappa shape index (κ2) is 8.05. The van der Waals surface area contributed by atoms with Gasteiger partial charge in [-0.3, -0.25) is 14.5 Å². The number of alkyl halides is 3. The Morgan fingerprint density at radius 1 is 1.17 bits per heavy atom. The molecule has 1 amide bonds. The number of halogens is 3. The largest absolute Gasteiger partial charge is 0.418 e. The molecule has 1 saturated carbocycles. The normalized spacial score (nSPS) is 24.8. The molecule has 4 aliphatic rings. The minimum atomic E-state index is -4.61. The van der Waals surface area contributed by atoms with Crippen LogP contribution in [0.2, 0.25) is 0 Å². The molecule has 0 spiro atoms. The summed E-state index contributed by atoms with van der Waals surface area (Å²) < 4.78 is 40.8. The van der Waals surface area contributed by atoms with Gasteiger partial charge in [-0.2, -0.15) is 18.3 Å². The van der Waals surface area contributed by atoms with Gasteiger partial charge in [-0.1, -0.05) is 0 Å². The monoisotopic (exact) mass is 501 g/mol. The van der Waals surface area contributed by atoms with Crippen LogP contribution in [0.5, 0.6) is 0 Å². The third kappa shape index (κ3) is 3.57. The van der Waals surface area contributed by atoms with E-state index < -0.39 is 22.8 Å². The zero-order valence-electron chi connectivity index (χ0n) is 19.7. The second-order valence-corrected chi connectivity index (χ2v) is 10.0. The molecule has 7 rings (SSSR count). The van der Waals surface area contributed by atoms with E-state index in [1.807, 2.05) is 6.07 Å². The number of hydrogen-bond acceptors (Lipinski definition) is 6. The van der Waals surface area contributed by atoms with Gasteiger partial charge in [0, 0.05) is 50.4 Å². The fraction of sp³-hybridized carbons (Fsp3) is 0.500. The summed E-state index contributed by atoms with van der Waals surface area (Å²) in [5.74, 6) is 0.262. The first-order valence-corrected chi connectivity index (χ1v) is 12.1. The van der Waals surface area contributed by atoms with E-state index in [0.29, 0.717) is 23.6 Å². The van der Waals surface area contributed by atoms with Crippen LogP contribution in [0.1, 0.15) is 47.6 Å². The van der Waals surface area contributed by atoms with Crippen LogP contribution in [-0.2, 0) is 11.6 Å². The average Bonchev–Trinajstić information content (AvgIpc) is 3.55. The highest BCUT2D eigenvalue weighted by Crippen LogP contribution is 2.53. The van der Waals surface area contributed by atoms with Gasteiger partial charge in [0.15, 0.2) is 0 Å². The first-order chi connectivity index (χ1) is 17.2. The summed E-state index contributed by atoms with van der Waals surface area (Å²) in [7, 11) is 1.58. The van der Waals surface area contributed by atoms with E-state index in [4.69, 9.17) is 0 Å². The Morgan fingerprint density at radius 2 is 1.92 bits per heavy atom. The first-order valence-electron chi connectivity index (χ1n) is 12.1. The molecule has 190 valence electrons. The molecule has 36 heavy (non-hydrogen) atoms. The smallest absolute Gasteiger partial charge is 0.370 e. The number of amides is 1. The third-order valence-corrected chi connectivity index (χ3v) is 8.04. The van der Waals surface area contributed by atoms with Gasteiger partial charge >= 0.3 is 6.18 Å². The fourth-order valence-corrected chi connectivity index (χ4v) is 6.17. The molecule has 1 aliphatic carbocycles. The number of aromatic amines is 1. The number of fused-ring (bicyclic) bond motifs is 2. The van der Waals surface area contributed by atoms with E-state index in [2.05, 4.69) is 30.2 Å². The van der Waals surface area contributed by atoms with E-state index in [9.17, 15) is 22.8 Å². The van der Waals surface area contributed by atoms with Crippen molar-refractivity contribution in [1.29, 1.82) is 0 Å². The molecule has 3 aliphatic heterocycles. The van der Waals surface area contributed by atoms with Crippen LogP contribution in [0.25, 0.3) is 5.52 Å². The molecule has 3 saturated heterocycles. The highest BCUT2D eigenvalue weighted by atomic mass is 19.4. The van der Waals surface area contributed by atoms with E-state index in [-0.39, 0.29) is 11.3 Å². The molecule has 0 atom stereocenters. The standard InChI is InChI=1S/C24H26F3N7O2/c1-28-20(35)18-3-2-15(12-29-18)32-7-4-14(5-8-32)33-13-23(10-16(33)11-23)22-30-21(36)19-17(24(25,26)27)6-9-34(19)31-22/h2-3,6,9,12,14,16H,4-5,7-8,10-11,13H2,1H3,(H,28,35)(H,30,31,36). The number of H-pyrrole nitrogens is 1. The van der Waals surface area contributed by atoms with Crippen LogP contribution in [0.3, 0.4) is 0 Å². The molecule has 12 heteroatoms. The maximum atomic E-state index is 13.2. The van der Waals surface area contributed by atoms with Crippen molar-refractivity contribution in [1.82, 2.24) is 29.8 Å². The SMILES string of the molecule is CNC(=O)c1ccc(N2CCC(N3CC4(c5nn6ccc(C(F)(F)F)c6c(=O)[nH]5)CC3C4)CC2)cn1. The van der Waals surface area contributed by atoms with Crippen LogP contribution >= 0.6 is 0 Å².